The summed E-state index contributed by atoms with van der Waals surface area (Å²) in [5.41, 5.74) is 1.19. The lowest BCUT2D eigenvalue weighted by atomic mass is 9.98. The molecule has 14 heavy (non-hydrogen) atoms. The molecule has 1 aliphatic heterocycles. The fourth-order valence-corrected chi connectivity index (χ4v) is 1.53. The van der Waals surface area contributed by atoms with Crippen LogP contribution in [0.4, 0.5) is 0 Å². The van der Waals surface area contributed by atoms with Crippen LogP contribution in [0.15, 0.2) is 24.3 Å². The van der Waals surface area contributed by atoms with Crippen LogP contribution in [0.5, 0.6) is 5.75 Å². The number of ether oxygens (including phenoxy) is 1. The van der Waals surface area contributed by atoms with Gasteiger partial charge in [0.05, 0.1) is 0 Å². The van der Waals surface area contributed by atoms with Gasteiger partial charge >= 0.3 is 5.97 Å². The Bertz CT molecular complexity index is 345. The highest BCUT2D eigenvalue weighted by atomic mass is 16.5. The molecule has 1 fully saturated rings. The Hall–Kier alpha value is -1.35. The molecule has 0 saturated carbocycles. The maximum Gasteiger partial charge on any atom is 0.308 e. The van der Waals surface area contributed by atoms with E-state index in [-0.39, 0.29) is 5.97 Å². The van der Waals surface area contributed by atoms with Crippen molar-refractivity contribution in [2.45, 2.75) is 19.4 Å². The molecule has 3 nitrogen and oxygen atoms in total. The zero-order chi connectivity index (χ0) is 9.97. The summed E-state index contributed by atoms with van der Waals surface area (Å²) in [5, 5.41) is 3.30. The van der Waals surface area contributed by atoms with Crippen molar-refractivity contribution in [2.75, 3.05) is 6.54 Å². The van der Waals surface area contributed by atoms with Crippen LogP contribution in [-0.2, 0) is 4.79 Å². The summed E-state index contributed by atoms with van der Waals surface area (Å²) < 4.78 is 5.01. The van der Waals surface area contributed by atoms with Crippen molar-refractivity contribution < 1.29 is 9.53 Å². The van der Waals surface area contributed by atoms with E-state index in [1.165, 1.54) is 12.5 Å². The topological polar surface area (TPSA) is 38.3 Å². The van der Waals surface area contributed by atoms with Crippen molar-refractivity contribution in [1.29, 1.82) is 0 Å². The Labute approximate surface area is 83.1 Å². The third-order valence-corrected chi connectivity index (χ3v) is 2.35. The van der Waals surface area contributed by atoms with Gasteiger partial charge in [-0.2, -0.15) is 0 Å². The fourth-order valence-electron chi connectivity index (χ4n) is 1.53. The molecule has 0 aromatic heterocycles. The lowest BCUT2D eigenvalue weighted by Crippen LogP contribution is -2.34. The van der Waals surface area contributed by atoms with Gasteiger partial charge in [0.15, 0.2) is 0 Å². The summed E-state index contributed by atoms with van der Waals surface area (Å²) in [6.45, 7) is 2.48. The third kappa shape index (κ3) is 1.93. The van der Waals surface area contributed by atoms with E-state index in [1.54, 1.807) is 6.07 Å². The first-order valence-electron chi connectivity index (χ1n) is 4.77. The zero-order valence-electron chi connectivity index (χ0n) is 8.12. The molecular formula is C11H13NO2. The maximum atomic E-state index is 10.7. The van der Waals surface area contributed by atoms with E-state index in [9.17, 15) is 4.79 Å². The van der Waals surface area contributed by atoms with Crippen LogP contribution in [0, 0.1) is 0 Å². The molecule has 1 N–H and O–H groups in total. The SMILES string of the molecule is CC(=O)Oc1cccc([C@H]2CCN2)c1. The van der Waals surface area contributed by atoms with Crippen molar-refractivity contribution >= 4 is 5.97 Å². The Morgan fingerprint density at radius 3 is 2.93 bits per heavy atom. The van der Waals surface area contributed by atoms with Crippen LogP contribution >= 0.6 is 0 Å². The summed E-state index contributed by atoms with van der Waals surface area (Å²) in [6.07, 6.45) is 1.16. The Morgan fingerprint density at radius 1 is 1.57 bits per heavy atom. The van der Waals surface area contributed by atoms with E-state index < -0.39 is 0 Å². The molecule has 0 radical (unpaired) electrons. The first-order valence-corrected chi connectivity index (χ1v) is 4.77. The van der Waals surface area contributed by atoms with Crippen molar-refractivity contribution in [3.8, 4) is 5.75 Å². The predicted octanol–water partition coefficient (Wildman–Crippen LogP) is 1.65. The van der Waals surface area contributed by atoms with Gasteiger partial charge in [0, 0.05) is 13.0 Å². The van der Waals surface area contributed by atoms with Gasteiger partial charge in [-0.05, 0) is 30.7 Å². The molecule has 1 aromatic rings. The molecular weight excluding hydrogens is 178 g/mol. The minimum Gasteiger partial charge on any atom is -0.427 e. The molecule has 1 aliphatic rings. The van der Waals surface area contributed by atoms with Crippen LogP contribution in [0.1, 0.15) is 24.9 Å². The number of hydrogen-bond donors (Lipinski definition) is 1. The summed E-state index contributed by atoms with van der Waals surface area (Å²) in [5.74, 6) is 0.354. The molecule has 74 valence electrons. The predicted molar refractivity (Wildman–Crippen MR) is 53.1 cm³/mol. The minimum absolute atomic E-state index is 0.274. The standard InChI is InChI=1S/C11H13NO2/c1-8(13)14-10-4-2-3-9(7-10)11-5-6-12-11/h2-4,7,11-12H,5-6H2,1H3/t11-/m1/s1. The van der Waals surface area contributed by atoms with Crippen molar-refractivity contribution in [3.05, 3.63) is 29.8 Å². The second kappa shape index (κ2) is 3.80. The van der Waals surface area contributed by atoms with Gasteiger partial charge < -0.3 is 10.1 Å². The Balaban J connectivity index is 2.13. The molecule has 1 heterocycles. The van der Waals surface area contributed by atoms with E-state index in [4.69, 9.17) is 4.74 Å². The Kier molecular flexibility index (Phi) is 2.50. The summed E-state index contributed by atoms with van der Waals surface area (Å²) in [7, 11) is 0. The van der Waals surface area contributed by atoms with E-state index in [0.29, 0.717) is 11.8 Å². The number of carbonyl (C=O) groups is 1. The van der Waals surface area contributed by atoms with E-state index >= 15 is 0 Å². The van der Waals surface area contributed by atoms with Crippen LogP contribution in [0.3, 0.4) is 0 Å². The lowest BCUT2D eigenvalue weighted by Gasteiger charge is -2.28. The smallest absolute Gasteiger partial charge is 0.308 e. The Morgan fingerprint density at radius 2 is 2.36 bits per heavy atom. The first kappa shape index (κ1) is 9.21. The highest BCUT2D eigenvalue weighted by molar-refractivity contribution is 5.69. The molecule has 0 bridgehead atoms. The van der Waals surface area contributed by atoms with Crippen LogP contribution in [0.25, 0.3) is 0 Å². The number of carbonyl (C=O) groups excluding carboxylic acids is 1. The van der Waals surface area contributed by atoms with Gasteiger partial charge in [-0.15, -0.1) is 0 Å². The number of nitrogens with one attached hydrogen (secondary N) is 1. The highest BCUT2D eigenvalue weighted by Crippen LogP contribution is 2.25. The quantitative estimate of drug-likeness (QED) is 0.570. The highest BCUT2D eigenvalue weighted by Gasteiger charge is 2.18. The largest absolute Gasteiger partial charge is 0.427 e. The zero-order valence-corrected chi connectivity index (χ0v) is 8.12. The van der Waals surface area contributed by atoms with Gasteiger partial charge in [-0.25, -0.2) is 0 Å². The molecule has 0 aliphatic carbocycles. The summed E-state index contributed by atoms with van der Waals surface area (Å²) in [6, 6.07) is 8.10. The first-order chi connectivity index (χ1) is 6.75. The van der Waals surface area contributed by atoms with Gasteiger partial charge in [0.2, 0.25) is 0 Å². The van der Waals surface area contributed by atoms with Crippen LogP contribution in [-0.4, -0.2) is 12.5 Å². The molecule has 0 unspecified atom stereocenters. The molecule has 1 aromatic carbocycles. The molecule has 1 saturated heterocycles. The second-order valence-corrected chi connectivity index (χ2v) is 3.46. The third-order valence-electron chi connectivity index (χ3n) is 2.35. The molecule has 3 heteroatoms. The van der Waals surface area contributed by atoms with Crippen LogP contribution in [0.2, 0.25) is 0 Å². The van der Waals surface area contributed by atoms with Gasteiger partial charge in [-0.3, -0.25) is 4.79 Å². The number of benzene rings is 1. The van der Waals surface area contributed by atoms with E-state index in [1.807, 2.05) is 18.2 Å². The maximum absolute atomic E-state index is 10.7. The molecule has 1 atom stereocenters. The minimum atomic E-state index is -0.274. The van der Waals surface area contributed by atoms with E-state index in [0.717, 1.165) is 13.0 Å². The molecule has 0 spiro atoms. The van der Waals surface area contributed by atoms with Crippen molar-refractivity contribution in [3.63, 3.8) is 0 Å². The van der Waals surface area contributed by atoms with Gasteiger partial charge in [0.1, 0.15) is 5.75 Å². The fraction of sp³-hybridized carbons (Fsp3) is 0.364. The number of esters is 1. The molecule has 2 rings (SSSR count). The molecule has 0 amide bonds. The summed E-state index contributed by atoms with van der Waals surface area (Å²) in [4.78, 5) is 10.7. The monoisotopic (exact) mass is 191 g/mol. The second-order valence-electron chi connectivity index (χ2n) is 3.46. The van der Waals surface area contributed by atoms with Gasteiger partial charge in [-0.1, -0.05) is 12.1 Å². The average molecular weight is 191 g/mol. The van der Waals surface area contributed by atoms with E-state index in [2.05, 4.69) is 5.32 Å². The number of hydrogen-bond acceptors (Lipinski definition) is 3. The average Bonchev–Trinajstić information content (AvgIpc) is 1.99. The lowest BCUT2D eigenvalue weighted by molar-refractivity contribution is -0.131. The van der Waals surface area contributed by atoms with Crippen LogP contribution < -0.4 is 10.1 Å². The van der Waals surface area contributed by atoms with Crippen molar-refractivity contribution in [2.24, 2.45) is 0 Å². The normalized spacial score (nSPS) is 19.9. The summed E-state index contributed by atoms with van der Waals surface area (Å²) >= 11 is 0. The van der Waals surface area contributed by atoms with Gasteiger partial charge in [0.25, 0.3) is 0 Å². The number of rotatable bonds is 2. The van der Waals surface area contributed by atoms with Crippen molar-refractivity contribution in [1.82, 2.24) is 5.32 Å².